The van der Waals surface area contributed by atoms with Crippen LogP contribution in [-0.4, -0.2) is 19.1 Å². The van der Waals surface area contributed by atoms with Crippen LogP contribution in [0.25, 0.3) is 0 Å². The van der Waals surface area contributed by atoms with Crippen molar-refractivity contribution in [3.05, 3.63) is 29.8 Å². The third-order valence-electron chi connectivity index (χ3n) is 2.56. The summed E-state index contributed by atoms with van der Waals surface area (Å²) in [6, 6.07) is 7.76. The van der Waals surface area contributed by atoms with Crippen LogP contribution in [0.4, 0.5) is 10.5 Å². The average Bonchev–Trinajstić information content (AvgIpc) is 2.64. The molecule has 0 bridgehead atoms. The lowest BCUT2D eigenvalue weighted by Gasteiger charge is -2.16. The van der Waals surface area contributed by atoms with E-state index in [0.29, 0.717) is 6.54 Å². The minimum atomic E-state index is -0.0307. The summed E-state index contributed by atoms with van der Waals surface area (Å²) in [5.41, 5.74) is 7.76. The van der Waals surface area contributed by atoms with E-state index in [-0.39, 0.29) is 12.1 Å². The molecule has 2 amide bonds. The fourth-order valence-corrected chi connectivity index (χ4v) is 1.69. The Bertz CT molecular complexity index is 376. The van der Waals surface area contributed by atoms with Crippen LogP contribution < -0.4 is 16.0 Å². The molecule has 1 saturated heterocycles. The van der Waals surface area contributed by atoms with Gasteiger partial charge in [-0.25, -0.2) is 4.79 Å². The van der Waals surface area contributed by atoms with Crippen molar-refractivity contribution in [2.75, 3.05) is 18.0 Å². The first-order chi connectivity index (χ1) is 7.18. The van der Waals surface area contributed by atoms with Crippen molar-refractivity contribution in [1.82, 2.24) is 5.32 Å². The number of nitrogens with zero attached hydrogens (tertiary/aromatic N) is 1. The van der Waals surface area contributed by atoms with Crippen LogP contribution >= 0.6 is 0 Å². The van der Waals surface area contributed by atoms with Gasteiger partial charge >= 0.3 is 6.03 Å². The maximum Gasteiger partial charge on any atom is 0.321 e. The van der Waals surface area contributed by atoms with E-state index in [1.54, 1.807) is 4.90 Å². The number of amides is 2. The largest absolute Gasteiger partial charge is 0.336 e. The fourth-order valence-electron chi connectivity index (χ4n) is 1.69. The van der Waals surface area contributed by atoms with E-state index in [1.165, 1.54) is 0 Å². The van der Waals surface area contributed by atoms with Crippen molar-refractivity contribution < 1.29 is 4.79 Å². The Morgan fingerprint density at radius 3 is 2.93 bits per heavy atom. The topological polar surface area (TPSA) is 58.4 Å². The van der Waals surface area contributed by atoms with E-state index >= 15 is 0 Å². The van der Waals surface area contributed by atoms with Gasteiger partial charge in [-0.05, 0) is 24.6 Å². The van der Waals surface area contributed by atoms with Crippen molar-refractivity contribution in [2.24, 2.45) is 5.73 Å². The van der Waals surface area contributed by atoms with E-state index in [4.69, 9.17) is 5.73 Å². The van der Waals surface area contributed by atoms with Gasteiger partial charge in [0.1, 0.15) is 0 Å². The Balaban J connectivity index is 2.28. The van der Waals surface area contributed by atoms with Gasteiger partial charge in [0, 0.05) is 24.8 Å². The molecule has 1 aliphatic rings. The summed E-state index contributed by atoms with van der Waals surface area (Å²) < 4.78 is 0. The number of nitrogens with one attached hydrogen (secondary N) is 1. The summed E-state index contributed by atoms with van der Waals surface area (Å²) in [4.78, 5) is 13.2. The number of benzene rings is 1. The van der Waals surface area contributed by atoms with Crippen LogP contribution in [-0.2, 0) is 0 Å². The van der Waals surface area contributed by atoms with Crippen molar-refractivity contribution in [1.29, 1.82) is 0 Å². The quantitative estimate of drug-likeness (QED) is 0.763. The zero-order valence-electron chi connectivity index (χ0n) is 8.73. The first-order valence-corrected chi connectivity index (χ1v) is 5.09. The highest BCUT2D eigenvalue weighted by Gasteiger charge is 2.21. The van der Waals surface area contributed by atoms with Crippen LogP contribution in [0.1, 0.15) is 18.5 Å². The molecule has 80 valence electrons. The molecule has 4 nitrogen and oxygen atoms in total. The van der Waals surface area contributed by atoms with E-state index in [9.17, 15) is 4.79 Å². The maximum atomic E-state index is 11.4. The molecule has 1 atom stereocenters. The van der Waals surface area contributed by atoms with Gasteiger partial charge in [-0.3, -0.25) is 4.90 Å². The Morgan fingerprint density at radius 1 is 1.53 bits per heavy atom. The summed E-state index contributed by atoms with van der Waals surface area (Å²) >= 11 is 0. The van der Waals surface area contributed by atoms with Crippen LogP contribution in [0, 0.1) is 0 Å². The molecule has 0 aliphatic carbocycles. The predicted molar refractivity (Wildman–Crippen MR) is 59.8 cm³/mol. The number of anilines is 1. The van der Waals surface area contributed by atoms with Gasteiger partial charge in [-0.1, -0.05) is 12.1 Å². The summed E-state index contributed by atoms with van der Waals surface area (Å²) in [5, 5.41) is 2.77. The van der Waals surface area contributed by atoms with Crippen molar-refractivity contribution in [3.8, 4) is 0 Å². The lowest BCUT2D eigenvalue weighted by molar-refractivity contribution is 0.252. The van der Waals surface area contributed by atoms with Gasteiger partial charge in [0.15, 0.2) is 0 Å². The Morgan fingerprint density at radius 2 is 2.33 bits per heavy atom. The highest BCUT2D eigenvalue weighted by Crippen LogP contribution is 2.20. The molecule has 1 fully saturated rings. The van der Waals surface area contributed by atoms with Gasteiger partial charge in [0.25, 0.3) is 0 Å². The number of hydrogen-bond acceptors (Lipinski definition) is 2. The minimum absolute atomic E-state index is 0.00406. The lowest BCUT2D eigenvalue weighted by atomic mass is 10.1. The van der Waals surface area contributed by atoms with Crippen LogP contribution in [0.15, 0.2) is 24.3 Å². The van der Waals surface area contributed by atoms with Crippen molar-refractivity contribution in [3.63, 3.8) is 0 Å². The van der Waals surface area contributed by atoms with Gasteiger partial charge in [0.2, 0.25) is 0 Å². The number of carbonyl (C=O) groups is 1. The smallest absolute Gasteiger partial charge is 0.321 e. The molecular weight excluding hydrogens is 190 g/mol. The highest BCUT2D eigenvalue weighted by atomic mass is 16.2. The third-order valence-corrected chi connectivity index (χ3v) is 2.56. The molecule has 0 aromatic heterocycles. The summed E-state index contributed by atoms with van der Waals surface area (Å²) in [6.07, 6.45) is 0. The normalized spacial score (nSPS) is 17.7. The molecule has 4 heteroatoms. The molecule has 15 heavy (non-hydrogen) atoms. The second-order valence-corrected chi connectivity index (χ2v) is 3.77. The van der Waals surface area contributed by atoms with Crippen molar-refractivity contribution in [2.45, 2.75) is 13.0 Å². The molecule has 2 rings (SSSR count). The van der Waals surface area contributed by atoms with E-state index < -0.39 is 0 Å². The number of nitrogens with two attached hydrogens (primary N) is 1. The number of hydrogen-bond donors (Lipinski definition) is 2. The number of urea groups is 1. The monoisotopic (exact) mass is 205 g/mol. The average molecular weight is 205 g/mol. The molecule has 0 saturated carbocycles. The molecule has 1 aromatic carbocycles. The van der Waals surface area contributed by atoms with Crippen LogP contribution in [0.3, 0.4) is 0 Å². The van der Waals surface area contributed by atoms with Gasteiger partial charge in [-0.15, -0.1) is 0 Å². The Labute approximate surface area is 89.1 Å². The standard InChI is InChI=1S/C11H15N3O/c1-8(12)9-3-2-4-10(7-9)14-6-5-13-11(14)15/h2-4,7-8H,5-6,12H2,1H3,(H,13,15)/t8-/m0/s1. The predicted octanol–water partition coefficient (Wildman–Crippen LogP) is 1.24. The Hall–Kier alpha value is -1.55. The number of carbonyl (C=O) groups excluding carboxylic acids is 1. The highest BCUT2D eigenvalue weighted by molar-refractivity contribution is 5.94. The summed E-state index contributed by atoms with van der Waals surface area (Å²) in [5.74, 6) is 0. The van der Waals surface area contributed by atoms with Crippen LogP contribution in [0.2, 0.25) is 0 Å². The van der Waals surface area contributed by atoms with Gasteiger partial charge in [0.05, 0.1) is 0 Å². The third kappa shape index (κ3) is 1.94. The molecule has 1 aromatic rings. The molecule has 1 heterocycles. The molecular formula is C11H15N3O. The maximum absolute atomic E-state index is 11.4. The fraction of sp³-hybridized carbons (Fsp3) is 0.364. The first-order valence-electron chi connectivity index (χ1n) is 5.09. The van der Waals surface area contributed by atoms with E-state index in [0.717, 1.165) is 17.8 Å². The SMILES string of the molecule is C[C@H](N)c1cccc(N2CCNC2=O)c1. The van der Waals surface area contributed by atoms with Gasteiger partial charge in [-0.2, -0.15) is 0 Å². The number of rotatable bonds is 2. The van der Waals surface area contributed by atoms with Gasteiger partial charge < -0.3 is 11.1 Å². The van der Waals surface area contributed by atoms with Crippen LogP contribution in [0.5, 0.6) is 0 Å². The summed E-state index contributed by atoms with van der Waals surface area (Å²) in [6.45, 7) is 3.37. The molecule has 3 N–H and O–H groups in total. The molecule has 0 radical (unpaired) electrons. The minimum Gasteiger partial charge on any atom is -0.336 e. The first kappa shape index (κ1) is 9.98. The molecule has 0 spiro atoms. The van der Waals surface area contributed by atoms with Crippen molar-refractivity contribution >= 4 is 11.7 Å². The molecule has 0 unspecified atom stereocenters. The zero-order valence-corrected chi connectivity index (χ0v) is 8.73. The second-order valence-electron chi connectivity index (χ2n) is 3.77. The lowest BCUT2D eigenvalue weighted by Crippen LogP contribution is -2.27. The second kappa shape index (κ2) is 3.90. The Kier molecular flexibility index (Phi) is 2.60. The van der Waals surface area contributed by atoms with E-state index in [1.807, 2.05) is 31.2 Å². The summed E-state index contributed by atoms with van der Waals surface area (Å²) in [7, 11) is 0. The zero-order chi connectivity index (χ0) is 10.8. The van der Waals surface area contributed by atoms with E-state index in [2.05, 4.69) is 5.32 Å². The molecule has 1 aliphatic heterocycles.